The first-order chi connectivity index (χ1) is 14.2. The van der Waals surface area contributed by atoms with Gasteiger partial charge < -0.3 is 9.80 Å². The third-order valence-corrected chi connectivity index (χ3v) is 6.16. The van der Waals surface area contributed by atoms with Crippen molar-refractivity contribution in [1.29, 1.82) is 0 Å². The van der Waals surface area contributed by atoms with Gasteiger partial charge in [0.1, 0.15) is 0 Å². The molecule has 1 aromatic heterocycles. The number of piperazine rings is 1. The van der Waals surface area contributed by atoms with Crippen molar-refractivity contribution in [3.8, 4) is 5.69 Å². The quantitative estimate of drug-likeness (QED) is 0.594. The second-order valence-corrected chi connectivity index (χ2v) is 8.45. The lowest BCUT2D eigenvalue weighted by molar-refractivity contribution is 0.0742. The highest BCUT2D eigenvalue weighted by atomic mass is 32.2. The van der Waals surface area contributed by atoms with Gasteiger partial charge in [-0.1, -0.05) is 36.8 Å². The molecule has 0 N–H and O–H groups in total. The molecule has 2 heterocycles. The van der Waals surface area contributed by atoms with Crippen molar-refractivity contribution in [2.45, 2.75) is 18.7 Å². The van der Waals surface area contributed by atoms with Gasteiger partial charge in [0.2, 0.25) is 5.95 Å². The van der Waals surface area contributed by atoms with Gasteiger partial charge in [-0.3, -0.25) is 9.36 Å². The predicted molar refractivity (Wildman–Crippen MR) is 119 cm³/mol. The largest absolute Gasteiger partial charge is 0.338 e. The van der Waals surface area contributed by atoms with Crippen LogP contribution in [0.2, 0.25) is 0 Å². The highest BCUT2D eigenvalue weighted by molar-refractivity contribution is 7.99. The Morgan fingerprint density at radius 3 is 2.48 bits per heavy atom. The van der Waals surface area contributed by atoms with Crippen LogP contribution in [-0.4, -0.2) is 52.3 Å². The molecule has 0 spiro atoms. The minimum Gasteiger partial charge on any atom is -0.338 e. The normalized spacial score (nSPS) is 14.3. The van der Waals surface area contributed by atoms with Gasteiger partial charge in [-0.15, -0.1) is 11.8 Å². The number of carbonyl (C=O) groups excluding carboxylic acids is 1. The summed E-state index contributed by atoms with van der Waals surface area (Å²) in [5, 5.41) is 0. The number of aryl methyl sites for hydroxylation is 1. The van der Waals surface area contributed by atoms with Crippen molar-refractivity contribution < 1.29 is 4.79 Å². The summed E-state index contributed by atoms with van der Waals surface area (Å²) in [4.78, 5) is 23.0. The lowest BCUT2D eigenvalue weighted by Gasteiger charge is -2.35. The van der Waals surface area contributed by atoms with E-state index >= 15 is 0 Å². The third kappa shape index (κ3) is 4.17. The molecule has 0 bridgehead atoms. The molecule has 1 saturated heterocycles. The third-order valence-electron chi connectivity index (χ3n) is 5.20. The molecule has 6 heteroatoms. The monoisotopic (exact) mass is 406 g/mol. The SMILES string of the molecule is CCSc1ccccc1C(=O)N1CCN(c2nccn2-c2ccc(C)cc2)CC1. The van der Waals surface area contributed by atoms with Crippen LogP contribution >= 0.6 is 11.8 Å². The summed E-state index contributed by atoms with van der Waals surface area (Å²) in [7, 11) is 0. The summed E-state index contributed by atoms with van der Waals surface area (Å²) in [5.41, 5.74) is 3.16. The molecule has 0 radical (unpaired) electrons. The van der Waals surface area contributed by atoms with E-state index in [0.717, 1.165) is 40.9 Å². The molecular weight excluding hydrogens is 380 g/mol. The number of hydrogen-bond donors (Lipinski definition) is 0. The number of rotatable bonds is 5. The van der Waals surface area contributed by atoms with Crippen molar-refractivity contribution >= 4 is 23.6 Å². The van der Waals surface area contributed by atoms with Crippen LogP contribution in [0.3, 0.4) is 0 Å². The number of hydrogen-bond acceptors (Lipinski definition) is 4. The van der Waals surface area contributed by atoms with Crippen LogP contribution < -0.4 is 4.90 Å². The molecule has 5 nitrogen and oxygen atoms in total. The number of amides is 1. The van der Waals surface area contributed by atoms with Crippen LogP contribution in [0.15, 0.2) is 65.8 Å². The maximum Gasteiger partial charge on any atom is 0.255 e. The van der Waals surface area contributed by atoms with E-state index in [4.69, 9.17) is 0 Å². The number of thioether (sulfide) groups is 1. The van der Waals surface area contributed by atoms with Crippen LogP contribution in [0, 0.1) is 6.92 Å². The Kier molecular flexibility index (Phi) is 5.90. The molecule has 2 aromatic carbocycles. The van der Waals surface area contributed by atoms with E-state index in [0.29, 0.717) is 13.1 Å². The van der Waals surface area contributed by atoms with Gasteiger partial charge in [-0.05, 0) is 36.9 Å². The topological polar surface area (TPSA) is 41.4 Å². The van der Waals surface area contributed by atoms with Gasteiger partial charge in [0.15, 0.2) is 0 Å². The van der Waals surface area contributed by atoms with Gasteiger partial charge in [0.25, 0.3) is 5.91 Å². The Bertz CT molecular complexity index is 975. The zero-order valence-corrected chi connectivity index (χ0v) is 17.7. The van der Waals surface area contributed by atoms with Gasteiger partial charge in [-0.25, -0.2) is 4.98 Å². The average Bonchev–Trinajstić information content (AvgIpc) is 3.24. The summed E-state index contributed by atoms with van der Waals surface area (Å²) < 4.78 is 2.12. The predicted octanol–water partition coefficient (Wildman–Crippen LogP) is 4.26. The molecule has 1 fully saturated rings. The van der Waals surface area contributed by atoms with E-state index in [-0.39, 0.29) is 5.91 Å². The summed E-state index contributed by atoms with van der Waals surface area (Å²) >= 11 is 1.72. The molecule has 1 aliphatic heterocycles. The summed E-state index contributed by atoms with van der Waals surface area (Å²) in [5.74, 6) is 2.02. The van der Waals surface area contributed by atoms with Crippen molar-refractivity contribution in [3.63, 3.8) is 0 Å². The van der Waals surface area contributed by atoms with Gasteiger partial charge in [-0.2, -0.15) is 0 Å². The lowest BCUT2D eigenvalue weighted by atomic mass is 10.2. The second kappa shape index (κ2) is 8.74. The van der Waals surface area contributed by atoms with Crippen molar-refractivity contribution in [1.82, 2.24) is 14.5 Å². The number of anilines is 1. The van der Waals surface area contributed by atoms with Gasteiger partial charge in [0.05, 0.1) is 5.56 Å². The van der Waals surface area contributed by atoms with E-state index in [1.165, 1.54) is 5.56 Å². The molecule has 0 unspecified atom stereocenters. The molecule has 0 atom stereocenters. The zero-order chi connectivity index (χ0) is 20.2. The van der Waals surface area contributed by atoms with Crippen LogP contribution in [0.25, 0.3) is 5.69 Å². The maximum atomic E-state index is 13.1. The number of carbonyl (C=O) groups is 1. The van der Waals surface area contributed by atoms with E-state index in [2.05, 4.69) is 52.6 Å². The molecule has 4 rings (SSSR count). The first kappa shape index (κ1) is 19.6. The van der Waals surface area contributed by atoms with E-state index in [9.17, 15) is 4.79 Å². The minimum atomic E-state index is 0.128. The first-order valence-electron chi connectivity index (χ1n) is 10.0. The standard InChI is InChI=1S/C23H26N4OS/c1-3-29-21-7-5-4-6-20(21)22(28)25-14-16-26(17-15-25)23-24-12-13-27(23)19-10-8-18(2)9-11-19/h4-13H,3,14-17H2,1-2H3. The summed E-state index contributed by atoms with van der Waals surface area (Å²) in [6, 6.07) is 16.4. The smallest absolute Gasteiger partial charge is 0.255 e. The van der Waals surface area contributed by atoms with E-state index in [1.807, 2.05) is 41.6 Å². The van der Waals surface area contributed by atoms with E-state index < -0.39 is 0 Å². The van der Waals surface area contributed by atoms with Crippen LogP contribution in [0.4, 0.5) is 5.95 Å². The van der Waals surface area contributed by atoms with Crippen molar-refractivity contribution in [2.24, 2.45) is 0 Å². The number of benzene rings is 2. The fraction of sp³-hybridized carbons (Fsp3) is 0.304. The Hall–Kier alpha value is -2.73. The molecule has 0 saturated carbocycles. The molecule has 150 valence electrons. The molecule has 3 aromatic rings. The van der Waals surface area contributed by atoms with Gasteiger partial charge in [0, 0.05) is 49.2 Å². The average molecular weight is 407 g/mol. The molecule has 0 aliphatic carbocycles. The molecule has 29 heavy (non-hydrogen) atoms. The Balaban J connectivity index is 1.46. The number of nitrogens with zero attached hydrogens (tertiary/aromatic N) is 4. The Morgan fingerprint density at radius 1 is 1.03 bits per heavy atom. The van der Waals surface area contributed by atoms with E-state index in [1.54, 1.807) is 11.8 Å². The lowest BCUT2D eigenvalue weighted by Crippen LogP contribution is -2.49. The minimum absolute atomic E-state index is 0.128. The molecular formula is C23H26N4OS. The van der Waals surface area contributed by atoms with Gasteiger partial charge >= 0.3 is 0 Å². The highest BCUT2D eigenvalue weighted by Crippen LogP contribution is 2.25. The van der Waals surface area contributed by atoms with Crippen LogP contribution in [0.1, 0.15) is 22.8 Å². The Morgan fingerprint density at radius 2 is 1.76 bits per heavy atom. The van der Waals surface area contributed by atoms with Crippen molar-refractivity contribution in [2.75, 3.05) is 36.8 Å². The summed E-state index contributed by atoms with van der Waals surface area (Å²) in [6.45, 7) is 7.15. The fourth-order valence-corrected chi connectivity index (χ4v) is 4.44. The Labute approximate surface area is 176 Å². The fourth-order valence-electron chi connectivity index (χ4n) is 3.64. The zero-order valence-electron chi connectivity index (χ0n) is 16.9. The van der Waals surface area contributed by atoms with Crippen LogP contribution in [0.5, 0.6) is 0 Å². The molecule has 1 amide bonds. The summed E-state index contributed by atoms with van der Waals surface area (Å²) in [6.07, 6.45) is 3.83. The maximum absolute atomic E-state index is 13.1. The second-order valence-electron chi connectivity index (χ2n) is 7.14. The molecule has 1 aliphatic rings. The highest BCUT2D eigenvalue weighted by Gasteiger charge is 2.25. The van der Waals surface area contributed by atoms with Crippen molar-refractivity contribution in [3.05, 3.63) is 72.1 Å². The number of aromatic nitrogens is 2. The van der Waals surface area contributed by atoms with Crippen LogP contribution in [-0.2, 0) is 0 Å². The number of imidazole rings is 1. The first-order valence-corrected chi connectivity index (χ1v) is 11.0.